The van der Waals surface area contributed by atoms with Gasteiger partial charge in [0.05, 0.1) is 5.69 Å². The molecule has 0 atom stereocenters. The van der Waals surface area contributed by atoms with E-state index in [0.29, 0.717) is 23.2 Å². The standard InChI is InChI=1S/C18H24N4O2S/c1-11(2)15-10-25-18(21-15)22-16(23)14-7-5-13(6-8-14)9-19-17(24)20-12(3)4/h5-8,10-12H,9H2,1-4H3,(H2,19,20,24)(H,21,22,23). The molecule has 0 saturated carbocycles. The summed E-state index contributed by atoms with van der Waals surface area (Å²) in [7, 11) is 0. The fourth-order valence-corrected chi connectivity index (χ4v) is 2.91. The fraction of sp³-hybridized carbons (Fsp3) is 0.389. The van der Waals surface area contributed by atoms with Gasteiger partial charge in [0.25, 0.3) is 5.91 Å². The number of carbonyl (C=O) groups excluding carboxylic acids is 2. The van der Waals surface area contributed by atoms with Crippen LogP contribution in [0.1, 0.15) is 55.2 Å². The van der Waals surface area contributed by atoms with Crippen LogP contribution in [0.5, 0.6) is 0 Å². The minimum absolute atomic E-state index is 0.0909. The Morgan fingerprint density at radius 1 is 1.12 bits per heavy atom. The van der Waals surface area contributed by atoms with E-state index in [1.807, 2.05) is 31.4 Å². The van der Waals surface area contributed by atoms with E-state index in [-0.39, 0.29) is 18.0 Å². The molecule has 0 saturated heterocycles. The van der Waals surface area contributed by atoms with E-state index >= 15 is 0 Å². The Morgan fingerprint density at radius 3 is 2.36 bits per heavy atom. The van der Waals surface area contributed by atoms with E-state index in [4.69, 9.17) is 0 Å². The number of urea groups is 1. The fourth-order valence-electron chi connectivity index (χ4n) is 2.05. The summed E-state index contributed by atoms with van der Waals surface area (Å²) >= 11 is 1.42. The monoisotopic (exact) mass is 360 g/mol. The third-order valence-corrected chi connectivity index (χ3v) is 4.20. The molecule has 7 heteroatoms. The van der Waals surface area contributed by atoms with Crippen LogP contribution in [0.4, 0.5) is 9.93 Å². The van der Waals surface area contributed by atoms with Crippen LogP contribution in [-0.4, -0.2) is 23.0 Å². The molecule has 0 aliphatic heterocycles. The van der Waals surface area contributed by atoms with Gasteiger partial charge in [-0.15, -0.1) is 11.3 Å². The summed E-state index contributed by atoms with van der Waals surface area (Å²) in [6.07, 6.45) is 0. The number of amides is 3. The van der Waals surface area contributed by atoms with E-state index in [1.54, 1.807) is 12.1 Å². The number of hydrogen-bond donors (Lipinski definition) is 3. The Labute approximate surface area is 152 Å². The average molecular weight is 360 g/mol. The molecule has 6 nitrogen and oxygen atoms in total. The van der Waals surface area contributed by atoms with Gasteiger partial charge in [-0.05, 0) is 37.5 Å². The highest BCUT2D eigenvalue weighted by Gasteiger charge is 2.11. The van der Waals surface area contributed by atoms with E-state index in [9.17, 15) is 9.59 Å². The number of anilines is 1. The van der Waals surface area contributed by atoms with Crippen molar-refractivity contribution < 1.29 is 9.59 Å². The maximum absolute atomic E-state index is 12.3. The molecule has 2 aromatic rings. The molecule has 0 fully saturated rings. The van der Waals surface area contributed by atoms with Gasteiger partial charge < -0.3 is 10.6 Å². The SMILES string of the molecule is CC(C)NC(=O)NCc1ccc(C(=O)Nc2nc(C(C)C)cs2)cc1. The lowest BCUT2D eigenvalue weighted by atomic mass is 10.1. The minimum atomic E-state index is -0.207. The molecule has 25 heavy (non-hydrogen) atoms. The van der Waals surface area contributed by atoms with Crippen LogP contribution in [0.3, 0.4) is 0 Å². The zero-order valence-electron chi connectivity index (χ0n) is 14.9. The Kier molecular flexibility index (Phi) is 6.52. The van der Waals surface area contributed by atoms with E-state index < -0.39 is 0 Å². The van der Waals surface area contributed by atoms with Gasteiger partial charge in [-0.1, -0.05) is 26.0 Å². The van der Waals surface area contributed by atoms with Crippen LogP contribution in [0.25, 0.3) is 0 Å². The lowest BCUT2D eigenvalue weighted by Gasteiger charge is -2.10. The average Bonchev–Trinajstić information content (AvgIpc) is 3.01. The van der Waals surface area contributed by atoms with Crippen LogP contribution in [0.2, 0.25) is 0 Å². The molecule has 0 bridgehead atoms. The van der Waals surface area contributed by atoms with Gasteiger partial charge in [0, 0.05) is 23.5 Å². The molecule has 2 rings (SSSR count). The summed E-state index contributed by atoms with van der Waals surface area (Å²) < 4.78 is 0. The second kappa shape index (κ2) is 8.62. The van der Waals surface area contributed by atoms with Crippen LogP contribution >= 0.6 is 11.3 Å². The molecular weight excluding hydrogens is 336 g/mol. The van der Waals surface area contributed by atoms with Crippen molar-refractivity contribution >= 4 is 28.4 Å². The van der Waals surface area contributed by atoms with Crippen molar-refractivity contribution in [2.24, 2.45) is 0 Å². The summed E-state index contributed by atoms with van der Waals surface area (Å²) in [5, 5.41) is 10.9. The van der Waals surface area contributed by atoms with Crippen LogP contribution in [0.15, 0.2) is 29.6 Å². The topological polar surface area (TPSA) is 83.1 Å². The molecule has 134 valence electrons. The number of hydrogen-bond acceptors (Lipinski definition) is 4. The first-order valence-corrected chi connectivity index (χ1v) is 9.13. The lowest BCUT2D eigenvalue weighted by molar-refractivity contribution is 0.102. The molecule has 0 unspecified atom stereocenters. The Bertz CT molecular complexity index is 723. The molecule has 0 spiro atoms. The summed E-state index contributed by atoms with van der Waals surface area (Å²) in [6, 6.07) is 7.01. The summed E-state index contributed by atoms with van der Waals surface area (Å²) in [5.74, 6) is 0.142. The number of nitrogens with zero attached hydrogens (tertiary/aromatic N) is 1. The van der Waals surface area contributed by atoms with E-state index in [0.717, 1.165) is 11.3 Å². The molecule has 0 aliphatic carbocycles. The Morgan fingerprint density at radius 2 is 1.80 bits per heavy atom. The molecular formula is C18H24N4O2S. The summed E-state index contributed by atoms with van der Waals surface area (Å²) in [6.45, 7) is 8.34. The van der Waals surface area contributed by atoms with Crippen LogP contribution < -0.4 is 16.0 Å². The third kappa shape index (κ3) is 5.86. The van der Waals surface area contributed by atoms with Gasteiger partial charge in [-0.25, -0.2) is 9.78 Å². The van der Waals surface area contributed by atoms with E-state index in [1.165, 1.54) is 11.3 Å². The van der Waals surface area contributed by atoms with Gasteiger partial charge in [0.15, 0.2) is 5.13 Å². The van der Waals surface area contributed by atoms with Crippen LogP contribution in [-0.2, 0) is 6.54 Å². The van der Waals surface area contributed by atoms with Crippen molar-refractivity contribution in [1.82, 2.24) is 15.6 Å². The molecule has 1 aromatic heterocycles. The maximum atomic E-state index is 12.3. The normalized spacial score (nSPS) is 10.8. The van der Waals surface area contributed by atoms with Crippen molar-refractivity contribution in [3.63, 3.8) is 0 Å². The van der Waals surface area contributed by atoms with Crippen molar-refractivity contribution in [3.8, 4) is 0 Å². The van der Waals surface area contributed by atoms with Gasteiger partial charge in [-0.3, -0.25) is 10.1 Å². The Hall–Kier alpha value is -2.41. The molecule has 1 aromatic carbocycles. The number of carbonyl (C=O) groups is 2. The predicted octanol–water partition coefficient (Wildman–Crippen LogP) is 3.73. The smallest absolute Gasteiger partial charge is 0.315 e. The summed E-state index contributed by atoms with van der Waals surface area (Å²) in [5.41, 5.74) is 2.45. The first-order valence-electron chi connectivity index (χ1n) is 8.25. The molecule has 3 amide bonds. The quantitative estimate of drug-likeness (QED) is 0.734. The van der Waals surface area contributed by atoms with Crippen molar-refractivity contribution in [2.45, 2.75) is 46.2 Å². The molecule has 1 heterocycles. The minimum Gasteiger partial charge on any atom is -0.336 e. The largest absolute Gasteiger partial charge is 0.336 e. The maximum Gasteiger partial charge on any atom is 0.315 e. The third-order valence-electron chi connectivity index (χ3n) is 3.42. The first-order chi connectivity index (χ1) is 11.8. The highest BCUT2D eigenvalue weighted by Crippen LogP contribution is 2.22. The van der Waals surface area contributed by atoms with Crippen molar-refractivity contribution in [3.05, 3.63) is 46.5 Å². The van der Waals surface area contributed by atoms with Crippen molar-refractivity contribution in [1.29, 1.82) is 0 Å². The highest BCUT2D eigenvalue weighted by molar-refractivity contribution is 7.14. The number of rotatable bonds is 6. The van der Waals surface area contributed by atoms with Gasteiger partial charge in [-0.2, -0.15) is 0 Å². The molecule has 3 N–H and O–H groups in total. The molecule has 0 aliphatic rings. The number of benzene rings is 1. The number of nitrogens with one attached hydrogen (secondary N) is 3. The zero-order chi connectivity index (χ0) is 18.4. The second-order valence-electron chi connectivity index (χ2n) is 6.36. The van der Waals surface area contributed by atoms with Crippen LogP contribution in [0, 0.1) is 0 Å². The molecule has 0 radical (unpaired) electrons. The van der Waals surface area contributed by atoms with Gasteiger partial charge in [0.1, 0.15) is 0 Å². The van der Waals surface area contributed by atoms with Gasteiger partial charge in [0.2, 0.25) is 0 Å². The highest BCUT2D eigenvalue weighted by atomic mass is 32.1. The number of thiazole rings is 1. The van der Waals surface area contributed by atoms with E-state index in [2.05, 4.69) is 34.8 Å². The van der Waals surface area contributed by atoms with Crippen molar-refractivity contribution in [2.75, 3.05) is 5.32 Å². The predicted molar refractivity (Wildman–Crippen MR) is 101 cm³/mol. The zero-order valence-corrected chi connectivity index (χ0v) is 15.7. The summed E-state index contributed by atoms with van der Waals surface area (Å²) in [4.78, 5) is 28.2. The first kappa shape index (κ1) is 18.9. The second-order valence-corrected chi connectivity index (χ2v) is 7.22. The number of aromatic nitrogens is 1. The lowest BCUT2D eigenvalue weighted by Crippen LogP contribution is -2.39. The Balaban J connectivity index is 1.90. The van der Waals surface area contributed by atoms with Gasteiger partial charge >= 0.3 is 6.03 Å².